The predicted octanol–water partition coefficient (Wildman–Crippen LogP) is 3.56. The number of nitrogens with one attached hydrogen (secondary N) is 1. The van der Waals surface area contributed by atoms with Crippen LogP contribution < -0.4 is 5.32 Å². The summed E-state index contributed by atoms with van der Waals surface area (Å²) in [4.78, 5) is 17.4. The van der Waals surface area contributed by atoms with Gasteiger partial charge in [-0.25, -0.2) is 13.4 Å². The van der Waals surface area contributed by atoms with Crippen LogP contribution in [0.3, 0.4) is 0 Å². The molecule has 8 heteroatoms. The fourth-order valence-corrected chi connectivity index (χ4v) is 5.77. The second-order valence-electron chi connectivity index (χ2n) is 8.40. The maximum Gasteiger partial charge on any atom is 0.243 e. The van der Waals surface area contributed by atoms with Gasteiger partial charge in [-0.3, -0.25) is 4.79 Å². The fraction of sp³-hybridized carbons (Fsp3) is 0.417. The number of carbonyl (C=O) groups excluding carboxylic acids is 1. The van der Waals surface area contributed by atoms with Crippen molar-refractivity contribution in [3.63, 3.8) is 0 Å². The number of benzene rings is 2. The van der Waals surface area contributed by atoms with Crippen LogP contribution in [0.4, 0.5) is 0 Å². The van der Waals surface area contributed by atoms with Crippen molar-refractivity contribution in [2.45, 2.75) is 50.0 Å². The van der Waals surface area contributed by atoms with Gasteiger partial charge in [0.15, 0.2) is 0 Å². The number of fused-ring (bicyclic) bond motifs is 1. The Morgan fingerprint density at radius 3 is 2.53 bits per heavy atom. The molecule has 0 bridgehead atoms. The molecule has 1 amide bonds. The maximum absolute atomic E-state index is 13.0. The molecule has 7 nitrogen and oxygen atoms in total. The van der Waals surface area contributed by atoms with Crippen molar-refractivity contribution >= 4 is 27.0 Å². The van der Waals surface area contributed by atoms with E-state index in [1.165, 1.54) is 0 Å². The van der Waals surface area contributed by atoms with Crippen LogP contribution >= 0.6 is 0 Å². The normalized spacial score (nSPS) is 16.2. The summed E-state index contributed by atoms with van der Waals surface area (Å²) in [5.74, 6) is 0.719. The van der Waals surface area contributed by atoms with Crippen molar-refractivity contribution in [3.05, 3.63) is 59.9 Å². The van der Waals surface area contributed by atoms with E-state index in [4.69, 9.17) is 0 Å². The van der Waals surface area contributed by atoms with E-state index in [2.05, 4.69) is 10.3 Å². The van der Waals surface area contributed by atoms with E-state index in [1.54, 1.807) is 22.5 Å². The minimum Gasteiger partial charge on any atom is -0.350 e. The van der Waals surface area contributed by atoms with Gasteiger partial charge in [-0.15, -0.1) is 0 Å². The van der Waals surface area contributed by atoms with Crippen LogP contribution in [-0.2, 0) is 28.3 Å². The van der Waals surface area contributed by atoms with Gasteiger partial charge in [0.05, 0.1) is 22.0 Å². The number of carbonyl (C=O) groups is 1. The molecule has 32 heavy (non-hydrogen) atoms. The van der Waals surface area contributed by atoms with Crippen LogP contribution in [-0.4, -0.2) is 41.3 Å². The number of aromatic nitrogens is 2. The average molecular weight is 455 g/mol. The molecule has 2 heterocycles. The molecule has 0 aliphatic carbocycles. The molecule has 2 aromatic carbocycles. The van der Waals surface area contributed by atoms with Crippen molar-refractivity contribution < 1.29 is 13.2 Å². The summed E-state index contributed by atoms with van der Waals surface area (Å²) in [5.41, 5.74) is 2.56. The van der Waals surface area contributed by atoms with Gasteiger partial charge in [-0.05, 0) is 43.5 Å². The number of imidazole rings is 1. The third-order valence-electron chi connectivity index (χ3n) is 6.15. The summed E-state index contributed by atoms with van der Waals surface area (Å²) >= 11 is 0. The van der Waals surface area contributed by atoms with E-state index in [9.17, 15) is 13.2 Å². The van der Waals surface area contributed by atoms with E-state index in [1.807, 2.05) is 48.9 Å². The molecule has 0 saturated carbocycles. The topological polar surface area (TPSA) is 84.3 Å². The molecule has 1 N–H and O–H groups in total. The molecule has 1 atom stereocenters. The van der Waals surface area contributed by atoms with Gasteiger partial charge in [-0.1, -0.05) is 36.8 Å². The van der Waals surface area contributed by atoms with Crippen molar-refractivity contribution in [2.24, 2.45) is 7.05 Å². The zero-order valence-corrected chi connectivity index (χ0v) is 19.4. The van der Waals surface area contributed by atoms with Crippen LogP contribution in [0.25, 0.3) is 11.0 Å². The lowest BCUT2D eigenvalue weighted by Gasteiger charge is -2.25. The lowest BCUT2D eigenvalue weighted by Crippen LogP contribution is -2.35. The Balaban J connectivity index is 1.45. The van der Waals surface area contributed by atoms with Crippen molar-refractivity contribution in [1.29, 1.82) is 0 Å². The molecular weight excluding hydrogens is 424 g/mol. The third kappa shape index (κ3) is 4.71. The molecule has 1 aliphatic heterocycles. The number of hydrogen-bond acceptors (Lipinski definition) is 4. The highest BCUT2D eigenvalue weighted by molar-refractivity contribution is 7.89. The molecule has 1 aliphatic rings. The van der Waals surface area contributed by atoms with Crippen molar-refractivity contribution in [2.75, 3.05) is 13.1 Å². The first-order chi connectivity index (χ1) is 15.4. The first-order valence-electron chi connectivity index (χ1n) is 11.2. The molecule has 1 unspecified atom stereocenters. The molecule has 4 rings (SSSR count). The van der Waals surface area contributed by atoms with Crippen LogP contribution in [0.5, 0.6) is 0 Å². The lowest BCUT2D eigenvalue weighted by atomic mass is 10.1. The fourth-order valence-electron chi connectivity index (χ4n) is 4.23. The first kappa shape index (κ1) is 22.5. The van der Waals surface area contributed by atoms with Crippen LogP contribution in [0, 0.1) is 0 Å². The highest BCUT2D eigenvalue weighted by Crippen LogP contribution is 2.25. The van der Waals surface area contributed by atoms with Crippen LogP contribution in [0.1, 0.15) is 50.0 Å². The van der Waals surface area contributed by atoms with E-state index >= 15 is 0 Å². The van der Waals surface area contributed by atoms with Crippen LogP contribution in [0.15, 0.2) is 53.4 Å². The smallest absolute Gasteiger partial charge is 0.243 e. The molecule has 0 radical (unpaired) electrons. The molecule has 0 spiro atoms. The Hall–Kier alpha value is -2.71. The Labute approximate surface area is 189 Å². The Bertz CT molecular complexity index is 1200. The maximum atomic E-state index is 13.0. The third-order valence-corrected chi connectivity index (χ3v) is 8.05. The monoisotopic (exact) mass is 454 g/mol. The zero-order chi connectivity index (χ0) is 22.7. The SMILES string of the molecule is CC(NC(=O)CCc1nc2cc(S(=O)(=O)N3CCCCC3)ccc2n1C)c1ccccc1. The molecule has 1 saturated heterocycles. The Morgan fingerprint density at radius 1 is 1.09 bits per heavy atom. The number of hydrogen-bond donors (Lipinski definition) is 1. The Morgan fingerprint density at radius 2 is 1.81 bits per heavy atom. The highest BCUT2D eigenvalue weighted by atomic mass is 32.2. The van der Waals surface area contributed by atoms with E-state index in [-0.39, 0.29) is 16.8 Å². The average Bonchev–Trinajstić information content (AvgIpc) is 3.13. The van der Waals surface area contributed by atoms with Gasteiger partial charge >= 0.3 is 0 Å². The quantitative estimate of drug-likeness (QED) is 0.592. The number of aryl methyl sites for hydroxylation is 2. The molecule has 3 aromatic rings. The number of nitrogens with zero attached hydrogens (tertiary/aromatic N) is 3. The number of rotatable bonds is 7. The van der Waals surface area contributed by atoms with E-state index in [0.717, 1.165) is 36.2 Å². The van der Waals surface area contributed by atoms with Crippen molar-refractivity contribution in [3.8, 4) is 0 Å². The summed E-state index contributed by atoms with van der Waals surface area (Å²) in [7, 11) is -1.61. The second kappa shape index (κ2) is 9.42. The number of amides is 1. The summed E-state index contributed by atoms with van der Waals surface area (Å²) in [6, 6.07) is 14.9. The van der Waals surface area contributed by atoms with Crippen LogP contribution in [0.2, 0.25) is 0 Å². The first-order valence-corrected chi connectivity index (χ1v) is 12.6. The number of piperidine rings is 1. The summed E-state index contributed by atoms with van der Waals surface area (Å²) in [5, 5.41) is 3.02. The van der Waals surface area contributed by atoms with Gasteiger partial charge in [0.2, 0.25) is 15.9 Å². The van der Waals surface area contributed by atoms with Crippen molar-refractivity contribution in [1.82, 2.24) is 19.2 Å². The summed E-state index contributed by atoms with van der Waals surface area (Å²) < 4.78 is 29.5. The zero-order valence-electron chi connectivity index (χ0n) is 18.6. The molecule has 1 aromatic heterocycles. The molecule has 1 fully saturated rings. The largest absolute Gasteiger partial charge is 0.350 e. The predicted molar refractivity (Wildman–Crippen MR) is 125 cm³/mol. The second-order valence-corrected chi connectivity index (χ2v) is 10.3. The van der Waals surface area contributed by atoms with Gasteiger partial charge in [-0.2, -0.15) is 4.31 Å². The van der Waals surface area contributed by atoms with Gasteiger partial charge in [0.1, 0.15) is 5.82 Å². The molecular formula is C24H30N4O3S. The summed E-state index contributed by atoms with van der Waals surface area (Å²) in [6.07, 6.45) is 3.67. The minimum absolute atomic E-state index is 0.0400. The standard InChI is InChI=1S/C24H30N4O3S/c1-18(19-9-5-3-6-10-19)25-24(29)14-13-23-26-21-17-20(11-12-22(21)27(23)2)32(30,31)28-15-7-4-8-16-28/h3,5-6,9-12,17-18H,4,7-8,13-16H2,1-2H3,(H,25,29). The number of sulfonamides is 1. The lowest BCUT2D eigenvalue weighted by molar-refractivity contribution is -0.121. The minimum atomic E-state index is -3.50. The van der Waals surface area contributed by atoms with Gasteiger partial charge in [0.25, 0.3) is 0 Å². The summed E-state index contributed by atoms with van der Waals surface area (Å²) in [6.45, 7) is 3.11. The Kier molecular flexibility index (Phi) is 6.62. The van der Waals surface area contributed by atoms with E-state index in [0.29, 0.717) is 31.4 Å². The molecule has 170 valence electrons. The van der Waals surface area contributed by atoms with E-state index < -0.39 is 10.0 Å². The van der Waals surface area contributed by atoms with Gasteiger partial charge < -0.3 is 9.88 Å². The van der Waals surface area contributed by atoms with Gasteiger partial charge in [0, 0.05) is 33.0 Å². The highest BCUT2D eigenvalue weighted by Gasteiger charge is 2.26.